The molecule has 0 saturated heterocycles. The second-order valence-electron chi connectivity index (χ2n) is 3.38. The van der Waals surface area contributed by atoms with Crippen molar-refractivity contribution in [2.24, 2.45) is 0 Å². The lowest BCUT2D eigenvalue weighted by Crippen LogP contribution is -2.04. The van der Waals surface area contributed by atoms with Crippen molar-refractivity contribution in [3.05, 3.63) is 47.0 Å². The first-order valence-electron chi connectivity index (χ1n) is 4.83. The number of nitrogens with one attached hydrogen (secondary N) is 1. The van der Waals surface area contributed by atoms with E-state index in [1.165, 1.54) is 6.07 Å². The van der Waals surface area contributed by atoms with Gasteiger partial charge in [-0.1, -0.05) is 17.7 Å². The van der Waals surface area contributed by atoms with Crippen molar-refractivity contribution in [3.8, 4) is 0 Å². The fraction of sp³-hybridized carbons (Fsp3) is 0.182. The second-order valence-corrected chi connectivity index (χ2v) is 3.78. The lowest BCUT2D eigenvalue weighted by Gasteiger charge is -2.07. The van der Waals surface area contributed by atoms with Crippen LogP contribution in [-0.2, 0) is 6.54 Å². The van der Waals surface area contributed by atoms with E-state index in [2.05, 4.69) is 10.3 Å². The molecule has 0 saturated carbocycles. The maximum absolute atomic E-state index is 13.0. The van der Waals surface area contributed by atoms with Crippen LogP contribution in [0.2, 0.25) is 5.02 Å². The molecule has 1 aromatic carbocycles. The van der Waals surface area contributed by atoms with Gasteiger partial charge in [0.25, 0.3) is 0 Å². The molecule has 0 aliphatic carbocycles. The van der Waals surface area contributed by atoms with Crippen LogP contribution in [0.25, 0.3) is 0 Å². The molecule has 0 aliphatic rings. The number of rotatable bonds is 3. The molecule has 16 heavy (non-hydrogen) atoms. The molecule has 0 unspecified atom stereocenters. The molecule has 1 N–H and O–H groups in total. The molecule has 0 radical (unpaired) electrons. The van der Waals surface area contributed by atoms with Gasteiger partial charge in [-0.3, -0.25) is 0 Å². The zero-order valence-corrected chi connectivity index (χ0v) is 9.50. The van der Waals surface area contributed by atoms with Crippen LogP contribution in [0.3, 0.4) is 0 Å². The number of imidazole rings is 1. The van der Waals surface area contributed by atoms with Crippen LogP contribution >= 0.6 is 11.6 Å². The van der Waals surface area contributed by atoms with E-state index in [-0.39, 0.29) is 5.02 Å². The fourth-order valence-corrected chi connectivity index (χ4v) is 1.70. The topological polar surface area (TPSA) is 29.9 Å². The van der Waals surface area contributed by atoms with E-state index in [9.17, 15) is 4.39 Å². The molecule has 1 heterocycles. The minimum absolute atomic E-state index is 0.142. The molecular formula is C11H11ClFN3. The highest BCUT2D eigenvalue weighted by Gasteiger charge is 2.04. The third-order valence-corrected chi connectivity index (χ3v) is 2.57. The van der Waals surface area contributed by atoms with Gasteiger partial charge in [0.05, 0.1) is 11.6 Å². The molecule has 2 rings (SSSR count). The van der Waals surface area contributed by atoms with Crippen molar-refractivity contribution >= 4 is 17.5 Å². The maximum Gasteiger partial charge on any atom is 0.202 e. The Kier molecular flexibility index (Phi) is 3.10. The van der Waals surface area contributed by atoms with Crippen molar-refractivity contribution in [2.75, 3.05) is 12.4 Å². The van der Waals surface area contributed by atoms with Gasteiger partial charge in [0, 0.05) is 19.4 Å². The summed E-state index contributed by atoms with van der Waals surface area (Å²) in [7, 11) is 1.80. The van der Waals surface area contributed by atoms with Crippen molar-refractivity contribution in [3.63, 3.8) is 0 Å². The second kappa shape index (κ2) is 4.53. The average Bonchev–Trinajstić information content (AvgIpc) is 2.71. The third kappa shape index (κ3) is 2.17. The predicted octanol–water partition coefficient (Wildman–Crippen LogP) is 2.77. The summed E-state index contributed by atoms with van der Waals surface area (Å²) in [6.45, 7) is 0.607. The Morgan fingerprint density at radius 3 is 3.00 bits per heavy atom. The van der Waals surface area contributed by atoms with Crippen LogP contribution in [0, 0.1) is 5.82 Å². The summed E-state index contributed by atoms with van der Waals surface area (Å²) < 4.78 is 14.9. The zero-order valence-electron chi connectivity index (χ0n) is 8.74. The van der Waals surface area contributed by atoms with Gasteiger partial charge < -0.3 is 9.88 Å². The number of benzene rings is 1. The summed E-state index contributed by atoms with van der Waals surface area (Å²) >= 11 is 5.71. The average molecular weight is 240 g/mol. The Hall–Kier alpha value is -1.55. The number of halogens is 2. The zero-order chi connectivity index (χ0) is 11.5. The number of hydrogen-bond acceptors (Lipinski definition) is 2. The highest BCUT2D eigenvalue weighted by molar-refractivity contribution is 6.30. The third-order valence-electron chi connectivity index (χ3n) is 2.28. The minimum Gasteiger partial charge on any atom is -0.359 e. The van der Waals surface area contributed by atoms with Crippen LogP contribution in [0.5, 0.6) is 0 Å². The molecule has 0 aliphatic heterocycles. The van der Waals surface area contributed by atoms with Gasteiger partial charge in [-0.15, -0.1) is 0 Å². The highest BCUT2D eigenvalue weighted by Crippen LogP contribution is 2.17. The molecule has 0 amide bonds. The first-order valence-corrected chi connectivity index (χ1v) is 5.21. The fourth-order valence-electron chi connectivity index (χ4n) is 1.50. The predicted molar refractivity (Wildman–Crippen MR) is 62.3 cm³/mol. The first-order chi connectivity index (χ1) is 7.70. The van der Waals surface area contributed by atoms with Gasteiger partial charge >= 0.3 is 0 Å². The summed E-state index contributed by atoms with van der Waals surface area (Å²) in [6.07, 6.45) is 3.56. The Bertz CT molecular complexity index is 496. The van der Waals surface area contributed by atoms with E-state index in [1.807, 2.05) is 10.8 Å². The monoisotopic (exact) mass is 239 g/mol. The van der Waals surface area contributed by atoms with Crippen LogP contribution < -0.4 is 5.32 Å². The van der Waals surface area contributed by atoms with Crippen molar-refractivity contribution in [2.45, 2.75) is 6.54 Å². The maximum atomic E-state index is 13.0. The van der Waals surface area contributed by atoms with E-state index < -0.39 is 5.82 Å². The first kappa shape index (κ1) is 11.0. The van der Waals surface area contributed by atoms with Gasteiger partial charge in [0.15, 0.2) is 0 Å². The van der Waals surface area contributed by atoms with E-state index in [1.54, 1.807) is 25.4 Å². The lowest BCUT2D eigenvalue weighted by molar-refractivity contribution is 0.627. The Balaban J connectivity index is 2.24. The quantitative estimate of drug-likeness (QED) is 0.893. The molecule has 2 aromatic rings. The summed E-state index contributed by atoms with van der Waals surface area (Å²) in [5.74, 6) is 0.366. The lowest BCUT2D eigenvalue weighted by atomic mass is 10.2. The van der Waals surface area contributed by atoms with Gasteiger partial charge in [0.2, 0.25) is 5.95 Å². The van der Waals surface area contributed by atoms with Crippen molar-refractivity contribution in [1.82, 2.24) is 9.55 Å². The number of nitrogens with zero attached hydrogens (tertiary/aromatic N) is 2. The Morgan fingerprint density at radius 1 is 1.50 bits per heavy atom. The van der Waals surface area contributed by atoms with Gasteiger partial charge in [-0.25, -0.2) is 9.37 Å². The Morgan fingerprint density at radius 2 is 2.31 bits per heavy atom. The van der Waals surface area contributed by atoms with Crippen molar-refractivity contribution < 1.29 is 4.39 Å². The molecule has 0 bridgehead atoms. The summed E-state index contributed by atoms with van der Waals surface area (Å²) in [4.78, 5) is 4.12. The molecule has 1 aromatic heterocycles. The van der Waals surface area contributed by atoms with Gasteiger partial charge in [0.1, 0.15) is 5.82 Å². The van der Waals surface area contributed by atoms with E-state index in [0.717, 1.165) is 11.5 Å². The standard InChI is InChI=1S/C11H11ClFN3/c1-14-11-15-4-5-16(11)7-8-2-3-10(13)9(12)6-8/h2-6H,7H2,1H3,(H,14,15). The number of anilines is 1. The van der Waals surface area contributed by atoms with Crippen LogP contribution in [0.15, 0.2) is 30.6 Å². The summed E-state index contributed by atoms with van der Waals surface area (Å²) in [6, 6.07) is 4.70. The van der Waals surface area contributed by atoms with Crippen molar-refractivity contribution in [1.29, 1.82) is 0 Å². The smallest absolute Gasteiger partial charge is 0.202 e. The summed E-state index contributed by atoms with van der Waals surface area (Å²) in [5, 5.41) is 3.11. The van der Waals surface area contributed by atoms with Gasteiger partial charge in [-0.2, -0.15) is 0 Å². The molecule has 0 atom stereocenters. The largest absolute Gasteiger partial charge is 0.359 e. The summed E-state index contributed by atoms with van der Waals surface area (Å²) in [5.41, 5.74) is 0.931. The molecule has 0 spiro atoms. The minimum atomic E-state index is -0.398. The van der Waals surface area contributed by atoms with E-state index >= 15 is 0 Å². The van der Waals surface area contributed by atoms with E-state index in [4.69, 9.17) is 11.6 Å². The molecule has 84 valence electrons. The number of hydrogen-bond donors (Lipinski definition) is 1. The molecule has 3 nitrogen and oxygen atoms in total. The Labute approximate surface area is 97.9 Å². The van der Waals surface area contributed by atoms with Crippen LogP contribution in [0.1, 0.15) is 5.56 Å². The molecular weight excluding hydrogens is 229 g/mol. The highest BCUT2D eigenvalue weighted by atomic mass is 35.5. The number of aromatic nitrogens is 2. The molecule has 0 fully saturated rings. The van der Waals surface area contributed by atoms with Crippen LogP contribution in [-0.4, -0.2) is 16.6 Å². The van der Waals surface area contributed by atoms with Gasteiger partial charge in [-0.05, 0) is 17.7 Å². The molecule has 5 heteroatoms. The normalized spacial score (nSPS) is 10.4. The van der Waals surface area contributed by atoms with E-state index in [0.29, 0.717) is 6.54 Å². The SMILES string of the molecule is CNc1nccn1Cc1ccc(F)c(Cl)c1. The van der Waals surface area contributed by atoms with Crippen LogP contribution in [0.4, 0.5) is 10.3 Å².